The molecule has 20 heavy (non-hydrogen) atoms. The molecule has 7 heteroatoms. The zero-order chi connectivity index (χ0) is 15.2. The fourth-order valence-electron chi connectivity index (χ4n) is 1.59. The number of carbonyl (C=O) groups excluding carboxylic acids is 1. The van der Waals surface area contributed by atoms with E-state index in [1.165, 1.54) is 19.1 Å². The lowest BCUT2D eigenvalue weighted by Crippen LogP contribution is -2.25. The first-order chi connectivity index (χ1) is 9.31. The largest absolute Gasteiger partial charge is 0.326 e. The monoisotopic (exact) mass is 362 g/mol. The number of anilines is 1. The van der Waals surface area contributed by atoms with Crippen molar-refractivity contribution in [3.8, 4) is 0 Å². The van der Waals surface area contributed by atoms with E-state index in [-0.39, 0.29) is 10.8 Å². The van der Waals surface area contributed by atoms with E-state index in [1.807, 2.05) is 6.92 Å². The van der Waals surface area contributed by atoms with Crippen molar-refractivity contribution >= 4 is 37.5 Å². The van der Waals surface area contributed by atoms with Gasteiger partial charge in [-0.15, -0.1) is 0 Å². The van der Waals surface area contributed by atoms with Gasteiger partial charge in [0, 0.05) is 24.0 Å². The Bertz CT molecular complexity index is 541. The molecular weight excluding hydrogens is 344 g/mol. The second-order valence-corrected chi connectivity index (χ2v) is 7.86. The number of nitrogens with one attached hydrogen (secondary N) is 2. The molecule has 1 aromatic rings. The maximum absolute atomic E-state index is 12.0. The smallest absolute Gasteiger partial charge is 0.240 e. The Labute approximate surface area is 128 Å². The van der Waals surface area contributed by atoms with E-state index in [0.29, 0.717) is 17.1 Å². The molecular formula is C13H19BrN2O3S. The third-order valence-electron chi connectivity index (χ3n) is 2.56. The van der Waals surface area contributed by atoms with Gasteiger partial charge < -0.3 is 5.32 Å². The molecule has 0 aromatic heterocycles. The minimum atomic E-state index is -3.48. The van der Waals surface area contributed by atoms with Gasteiger partial charge in [0.15, 0.2) is 0 Å². The summed E-state index contributed by atoms with van der Waals surface area (Å²) in [4.78, 5) is 11.5. The van der Waals surface area contributed by atoms with Crippen LogP contribution >= 0.6 is 15.9 Å². The van der Waals surface area contributed by atoms with E-state index in [1.54, 1.807) is 12.1 Å². The highest BCUT2D eigenvalue weighted by Gasteiger charge is 2.13. The molecule has 1 amide bonds. The minimum absolute atomic E-state index is 0.192. The molecule has 1 atom stereocenters. The van der Waals surface area contributed by atoms with Crippen molar-refractivity contribution in [2.45, 2.75) is 36.4 Å². The standard InChI is InChI=1S/C13H19BrN2O3S/c1-10(14)4-3-9-15-20(18,19)13-7-5-12(6-8-13)16-11(2)17/h5-8,10,15H,3-4,9H2,1-2H3,(H,16,17). The summed E-state index contributed by atoms with van der Waals surface area (Å²) in [6.07, 6.45) is 1.68. The molecule has 2 N–H and O–H groups in total. The van der Waals surface area contributed by atoms with Crippen LogP contribution in [0.4, 0.5) is 5.69 Å². The molecule has 0 saturated heterocycles. The number of carbonyl (C=O) groups is 1. The first-order valence-corrected chi connectivity index (χ1v) is 8.72. The number of sulfonamides is 1. The summed E-state index contributed by atoms with van der Waals surface area (Å²) < 4.78 is 26.6. The summed E-state index contributed by atoms with van der Waals surface area (Å²) in [6, 6.07) is 6.08. The van der Waals surface area contributed by atoms with Gasteiger partial charge in [-0.2, -0.15) is 0 Å². The van der Waals surface area contributed by atoms with E-state index in [0.717, 1.165) is 12.8 Å². The molecule has 0 aliphatic carbocycles. The Kier molecular flexibility index (Phi) is 6.64. The van der Waals surface area contributed by atoms with Crippen LogP contribution in [-0.4, -0.2) is 25.7 Å². The molecule has 1 rings (SSSR count). The van der Waals surface area contributed by atoms with Gasteiger partial charge in [-0.25, -0.2) is 13.1 Å². The molecule has 0 aliphatic rings. The lowest BCUT2D eigenvalue weighted by Gasteiger charge is -2.08. The summed E-state index contributed by atoms with van der Waals surface area (Å²) in [5.41, 5.74) is 0.574. The lowest BCUT2D eigenvalue weighted by molar-refractivity contribution is -0.114. The topological polar surface area (TPSA) is 75.3 Å². The van der Waals surface area contributed by atoms with Gasteiger partial charge in [0.25, 0.3) is 0 Å². The van der Waals surface area contributed by atoms with Crippen molar-refractivity contribution < 1.29 is 13.2 Å². The summed E-state index contributed by atoms with van der Waals surface area (Å²) in [5, 5.41) is 2.59. The fourth-order valence-corrected chi connectivity index (χ4v) is 2.99. The summed E-state index contributed by atoms with van der Waals surface area (Å²) in [5.74, 6) is -0.192. The highest BCUT2D eigenvalue weighted by Crippen LogP contribution is 2.14. The van der Waals surface area contributed by atoms with Crippen LogP contribution < -0.4 is 10.0 Å². The van der Waals surface area contributed by atoms with Crippen molar-refractivity contribution in [3.05, 3.63) is 24.3 Å². The first-order valence-electron chi connectivity index (χ1n) is 6.32. The van der Waals surface area contributed by atoms with E-state index in [4.69, 9.17) is 0 Å². The van der Waals surface area contributed by atoms with Gasteiger partial charge in [0.05, 0.1) is 4.90 Å². The van der Waals surface area contributed by atoms with Crippen LogP contribution in [0.3, 0.4) is 0 Å². The number of hydrogen-bond donors (Lipinski definition) is 2. The Morgan fingerprint density at radius 3 is 2.40 bits per heavy atom. The number of rotatable bonds is 7. The number of alkyl halides is 1. The lowest BCUT2D eigenvalue weighted by atomic mass is 10.2. The highest BCUT2D eigenvalue weighted by molar-refractivity contribution is 9.09. The molecule has 0 fully saturated rings. The SMILES string of the molecule is CC(=O)Nc1ccc(S(=O)(=O)NCCCC(C)Br)cc1. The summed E-state index contributed by atoms with van der Waals surface area (Å²) >= 11 is 3.42. The molecule has 1 aromatic carbocycles. The van der Waals surface area contributed by atoms with E-state index in [9.17, 15) is 13.2 Å². The Morgan fingerprint density at radius 1 is 1.30 bits per heavy atom. The Balaban J connectivity index is 2.61. The van der Waals surface area contributed by atoms with Crippen molar-refractivity contribution in [2.75, 3.05) is 11.9 Å². The van der Waals surface area contributed by atoms with Crippen LogP contribution in [0.2, 0.25) is 0 Å². The molecule has 112 valence electrons. The zero-order valence-corrected chi connectivity index (χ0v) is 13.9. The van der Waals surface area contributed by atoms with E-state index >= 15 is 0 Å². The Hall–Kier alpha value is -0.920. The minimum Gasteiger partial charge on any atom is -0.326 e. The molecule has 0 saturated carbocycles. The van der Waals surface area contributed by atoms with Crippen LogP contribution in [0, 0.1) is 0 Å². The van der Waals surface area contributed by atoms with Crippen molar-refractivity contribution in [1.29, 1.82) is 0 Å². The van der Waals surface area contributed by atoms with Crippen LogP contribution in [0.25, 0.3) is 0 Å². The third kappa shape index (κ3) is 6.02. The average Bonchev–Trinajstić information content (AvgIpc) is 2.34. The fraction of sp³-hybridized carbons (Fsp3) is 0.462. The van der Waals surface area contributed by atoms with Crippen LogP contribution in [-0.2, 0) is 14.8 Å². The number of amides is 1. The van der Waals surface area contributed by atoms with Crippen LogP contribution in [0.5, 0.6) is 0 Å². The molecule has 0 aliphatic heterocycles. The number of halogens is 1. The number of benzene rings is 1. The first kappa shape index (κ1) is 17.1. The maximum Gasteiger partial charge on any atom is 0.240 e. The third-order valence-corrected chi connectivity index (χ3v) is 4.49. The highest BCUT2D eigenvalue weighted by atomic mass is 79.9. The van der Waals surface area contributed by atoms with Gasteiger partial charge in [-0.3, -0.25) is 4.79 Å². The quantitative estimate of drug-likeness (QED) is 0.577. The van der Waals surface area contributed by atoms with Gasteiger partial charge in [0.1, 0.15) is 0 Å². The normalized spacial score (nSPS) is 12.9. The molecule has 0 bridgehead atoms. The summed E-state index contributed by atoms with van der Waals surface area (Å²) in [7, 11) is -3.48. The average molecular weight is 363 g/mol. The van der Waals surface area contributed by atoms with Crippen molar-refractivity contribution in [2.24, 2.45) is 0 Å². The van der Waals surface area contributed by atoms with Gasteiger partial charge in [-0.1, -0.05) is 22.9 Å². The second-order valence-electron chi connectivity index (χ2n) is 4.53. The molecule has 1 unspecified atom stereocenters. The Morgan fingerprint density at radius 2 is 1.90 bits per heavy atom. The second kappa shape index (κ2) is 7.75. The predicted octanol–water partition coefficient (Wildman–Crippen LogP) is 2.49. The van der Waals surface area contributed by atoms with E-state index < -0.39 is 10.0 Å². The van der Waals surface area contributed by atoms with Crippen LogP contribution in [0.15, 0.2) is 29.2 Å². The van der Waals surface area contributed by atoms with Crippen molar-refractivity contribution in [3.63, 3.8) is 0 Å². The molecule has 5 nitrogen and oxygen atoms in total. The predicted molar refractivity (Wildman–Crippen MR) is 83.6 cm³/mol. The summed E-state index contributed by atoms with van der Waals surface area (Å²) in [6.45, 7) is 3.83. The zero-order valence-electron chi connectivity index (χ0n) is 11.5. The van der Waals surface area contributed by atoms with E-state index in [2.05, 4.69) is 26.0 Å². The molecule has 0 radical (unpaired) electrons. The van der Waals surface area contributed by atoms with Crippen LogP contribution in [0.1, 0.15) is 26.7 Å². The van der Waals surface area contributed by atoms with Crippen molar-refractivity contribution in [1.82, 2.24) is 4.72 Å². The van der Waals surface area contributed by atoms with Gasteiger partial charge in [0.2, 0.25) is 15.9 Å². The molecule has 0 spiro atoms. The van der Waals surface area contributed by atoms with Gasteiger partial charge >= 0.3 is 0 Å². The maximum atomic E-state index is 12.0. The van der Waals surface area contributed by atoms with Gasteiger partial charge in [-0.05, 0) is 37.1 Å². The number of hydrogen-bond acceptors (Lipinski definition) is 3. The molecule has 0 heterocycles.